The van der Waals surface area contributed by atoms with Gasteiger partial charge in [-0.3, -0.25) is 4.79 Å². The Morgan fingerprint density at radius 2 is 1.22 bits per heavy atom. The van der Waals surface area contributed by atoms with Crippen molar-refractivity contribution >= 4 is 38.5 Å². The molecular formula is C27H16N4O. The number of nitrogen functional groups attached to an aromatic ring is 2. The van der Waals surface area contributed by atoms with Crippen molar-refractivity contribution in [3.05, 3.63) is 88.2 Å². The molecule has 5 heteroatoms. The Balaban J connectivity index is 2.06. The molecule has 0 saturated carbocycles. The van der Waals surface area contributed by atoms with Crippen LogP contribution in [-0.2, 0) is 0 Å². The highest BCUT2D eigenvalue weighted by Crippen LogP contribution is 2.40. The fraction of sp³-hybridized carbons (Fsp3) is 0. The molecule has 5 nitrogen and oxygen atoms in total. The van der Waals surface area contributed by atoms with Gasteiger partial charge in [-0.25, -0.2) is 0 Å². The Labute approximate surface area is 183 Å². The molecule has 0 atom stereocenters. The standard InChI is InChI=1S/C27H16N4O/c28-13-17(14-29)24-22-9-7-20(15-3-1-5-18(30)11-15)25-21(16-4-2-6-19(31)12-16)8-10-23(26(22)25)27(24)32/h1-12H,30-31H2. The fourth-order valence-electron chi connectivity index (χ4n) is 4.43. The smallest absolute Gasteiger partial charge is 0.196 e. The highest BCUT2D eigenvalue weighted by atomic mass is 16.1. The molecule has 4 N–H and O–H groups in total. The van der Waals surface area contributed by atoms with Crippen LogP contribution in [-0.4, -0.2) is 0 Å². The quantitative estimate of drug-likeness (QED) is 0.421. The van der Waals surface area contributed by atoms with Gasteiger partial charge in [-0.1, -0.05) is 42.5 Å². The first-order chi connectivity index (χ1) is 15.5. The van der Waals surface area contributed by atoms with Crippen LogP contribution in [0, 0.1) is 22.7 Å². The first-order valence-electron chi connectivity index (χ1n) is 9.94. The number of nitrogens with zero attached hydrogens (tertiary/aromatic N) is 2. The number of rotatable bonds is 2. The number of nitrogens with two attached hydrogens (primary N) is 2. The van der Waals surface area contributed by atoms with Crippen molar-refractivity contribution in [3.63, 3.8) is 0 Å². The van der Waals surface area contributed by atoms with Crippen LogP contribution >= 0.6 is 0 Å². The number of hydrogen-bond acceptors (Lipinski definition) is 5. The Bertz CT molecular complexity index is 1670. The summed E-state index contributed by atoms with van der Waals surface area (Å²) in [5, 5.41) is 21.7. The third-order valence-electron chi connectivity index (χ3n) is 5.77. The third-order valence-corrected chi connectivity index (χ3v) is 5.77. The van der Waals surface area contributed by atoms with Gasteiger partial charge < -0.3 is 11.5 Å². The van der Waals surface area contributed by atoms with Crippen molar-refractivity contribution in [1.29, 1.82) is 10.5 Å². The van der Waals surface area contributed by atoms with Crippen molar-refractivity contribution in [2.45, 2.75) is 0 Å². The lowest BCUT2D eigenvalue weighted by Gasteiger charge is -2.14. The molecule has 5 aromatic rings. The molecule has 0 fully saturated rings. The molecule has 5 aromatic carbocycles. The predicted octanol–water partition coefficient (Wildman–Crippen LogP) is 4.21. The summed E-state index contributed by atoms with van der Waals surface area (Å²) >= 11 is 0. The lowest BCUT2D eigenvalue weighted by atomic mass is 9.89. The maximum atomic E-state index is 13.2. The second-order valence-corrected chi connectivity index (χ2v) is 7.63. The molecule has 0 unspecified atom stereocenters. The maximum absolute atomic E-state index is 13.2. The van der Waals surface area contributed by atoms with Gasteiger partial charge in [0.05, 0.1) is 5.22 Å². The Morgan fingerprint density at radius 1 is 0.688 bits per heavy atom. The Hall–Kier alpha value is -4.87. The van der Waals surface area contributed by atoms with Gasteiger partial charge in [-0.15, -0.1) is 0 Å². The lowest BCUT2D eigenvalue weighted by Crippen LogP contribution is -2.21. The first kappa shape index (κ1) is 19.1. The second-order valence-electron chi connectivity index (χ2n) is 7.63. The normalized spacial score (nSPS) is 10.8. The summed E-state index contributed by atoms with van der Waals surface area (Å²) < 4.78 is 0. The van der Waals surface area contributed by atoms with Crippen molar-refractivity contribution in [2.75, 3.05) is 11.5 Å². The number of benzene rings is 4. The number of anilines is 2. The predicted molar refractivity (Wildman–Crippen MR) is 128 cm³/mol. The zero-order valence-corrected chi connectivity index (χ0v) is 16.9. The summed E-state index contributed by atoms with van der Waals surface area (Å²) in [4.78, 5) is 13.2. The molecule has 0 heterocycles. The molecule has 0 spiro atoms. The van der Waals surface area contributed by atoms with Gasteiger partial charge in [0.15, 0.2) is 5.43 Å². The Kier molecular flexibility index (Phi) is 4.26. The van der Waals surface area contributed by atoms with Gasteiger partial charge in [0.2, 0.25) is 0 Å². The van der Waals surface area contributed by atoms with Gasteiger partial charge in [0.25, 0.3) is 0 Å². The van der Waals surface area contributed by atoms with Crippen molar-refractivity contribution in [1.82, 2.24) is 0 Å². The van der Waals surface area contributed by atoms with E-state index in [1.54, 1.807) is 6.07 Å². The van der Waals surface area contributed by atoms with Crippen LogP contribution in [0.2, 0.25) is 0 Å². The van der Waals surface area contributed by atoms with E-state index in [4.69, 9.17) is 11.5 Å². The molecule has 5 rings (SSSR count). The van der Waals surface area contributed by atoms with Crippen molar-refractivity contribution in [3.8, 4) is 34.4 Å². The van der Waals surface area contributed by atoms with E-state index in [1.807, 2.05) is 78.9 Å². The topological polar surface area (TPSA) is 117 Å². The van der Waals surface area contributed by atoms with Gasteiger partial charge >= 0.3 is 0 Å². The fourth-order valence-corrected chi connectivity index (χ4v) is 4.43. The molecule has 0 bridgehead atoms. The molecule has 0 aliphatic heterocycles. The van der Waals surface area contributed by atoms with Crippen LogP contribution < -0.4 is 22.1 Å². The SMILES string of the molecule is N#CC(C#N)=c1c(=O)c2ccc(-c3cccc(N)c3)c3c(-c4cccc(N)c4)ccc1c32. The molecule has 150 valence electrons. The summed E-state index contributed by atoms with van der Waals surface area (Å²) in [5.41, 5.74) is 16.5. The summed E-state index contributed by atoms with van der Waals surface area (Å²) in [6.45, 7) is 0. The first-order valence-corrected chi connectivity index (χ1v) is 9.94. The van der Waals surface area contributed by atoms with E-state index in [-0.39, 0.29) is 16.2 Å². The summed E-state index contributed by atoms with van der Waals surface area (Å²) in [5.74, 6) is 0. The van der Waals surface area contributed by atoms with E-state index in [1.165, 1.54) is 0 Å². The molecule has 0 saturated heterocycles. The van der Waals surface area contributed by atoms with Crippen molar-refractivity contribution in [2.24, 2.45) is 0 Å². The van der Waals surface area contributed by atoms with E-state index in [2.05, 4.69) is 0 Å². The van der Waals surface area contributed by atoms with E-state index in [0.29, 0.717) is 22.1 Å². The average Bonchev–Trinajstić information content (AvgIpc) is 3.08. The van der Waals surface area contributed by atoms with Crippen LogP contribution in [0.15, 0.2) is 77.6 Å². The van der Waals surface area contributed by atoms with E-state index in [0.717, 1.165) is 33.0 Å². The lowest BCUT2D eigenvalue weighted by molar-refractivity contribution is 1.50. The second kappa shape index (κ2) is 7.12. The van der Waals surface area contributed by atoms with Gasteiger partial charge in [0, 0.05) is 22.1 Å². The Morgan fingerprint density at radius 3 is 1.72 bits per heavy atom. The van der Waals surface area contributed by atoms with Gasteiger partial charge in [0.1, 0.15) is 17.7 Å². The number of nitriles is 2. The van der Waals surface area contributed by atoms with Crippen molar-refractivity contribution < 1.29 is 0 Å². The van der Waals surface area contributed by atoms with Crippen LogP contribution in [0.1, 0.15) is 0 Å². The van der Waals surface area contributed by atoms with Crippen LogP contribution in [0.3, 0.4) is 0 Å². The third kappa shape index (κ3) is 2.74. The zero-order valence-electron chi connectivity index (χ0n) is 16.9. The minimum absolute atomic E-state index is 0.152. The van der Waals surface area contributed by atoms with E-state index >= 15 is 0 Å². The zero-order chi connectivity index (χ0) is 22.4. The van der Waals surface area contributed by atoms with Gasteiger partial charge in [-0.2, -0.15) is 10.5 Å². The molecule has 32 heavy (non-hydrogen) atoms. The summed E-state index contributed by atoms with van der Waals surface area (Å²) in [7, 11) is 0. The maximum Gasteiger partial charge on any atom is 0.196 e. The minimum atomic E-state index is -0.313. The van der Waals surface area contributed by atoms with Crippen LogP contribution in [0.4, 0.5) is 11.4 Å². The monoisotopic (exact) mass is 412 g/mol. The van der Waals surface area contributed by atoms with Crippen LogP contribution in [0.5, 0.6) is 0 Å². The summed E-state index contributed by atoms with van der Waals surface area (Å²) in [6.07, 6.45) is 0. The van der Waals surface area contributed by atoms with E-state index < -0.39 is 0 Å². The molecule has 0 aromatic heterocycles. The highest BCUT2D eigenvalue weighted by Gasteiger charge is 2.20. The summed E-state index contributed by atoms with van der Waals surface area (Å²) in [6, 6.07) is 26.2. The van der Waals surface area contributed by atoms with E-state index in [9.17, 15) is 15.3 Å². The molecule has 0 radical (unpaired) electrons. The largest absolute Gasteiger partial charge is 0.399 e. The molecule has 0 aliphatic rings. The highest BCUT2D eigenvalue weighted by molar-refractivity contribution is 6.22. The minimum Gasteiger partial charge on any atom is -0.399 e. The van der Waals surface area contributed by atoms with Crippen LogP contribution in [0.25, 0.3) is 49.4 Å². The molecule has 0 aliphatic carbocycles. The average molecular weight is 412 g/mol. The molecular weight excluding hydrogens is 396 g/mol. The molecule has 0 amide bonds. The van der Waals surface area contributed by atoms with Gasteiger partial charge in [-0.05, 0) is 63.4 Å². The number of hydrogen-bond donors (Lipinski definition) is 2.